The molecule has 18 heavy (non-hydrogen) atoms. The average molecular weight is 259 g/mol. The number of nitrogens with zero attached hydrogens (tertiary/aromatic N) is 1. The Bertz CT molecular complexity index is 656. The number of carbonyl (C=O) groups excluding carboxylic acids is 1. The molecule has 1 heterocycles. The zero-order valence-electron chi connectivity index (χ0n) is 9.83. The second kappa shape index (κ2) is 5.52. The molecule has 0 saturated heterocycles. The van der Waals surface area contributed by atoms with Gasteiger partial charge in [0.15, 0.2) is 0 Å². The lowest BCUT2D eigenvalue weighted by molar-refractivity contribution is 0.0960. The molecule has 0 atom stereocenters. The number of nitrogens with one attached hydrogen (secondary N) is 1. The summed E-state index contributed by atoms with van der Waals surface area (Å²) < 4.78 is 0. The molecule has 0 aliphatic heterocycles. The summed E-state index contributed by atoms with van der Waals surface area (Å²) in [5.74, 6) is 5.30. The van der Waals surface area contributed by atoms with Crippen molar-refractivity contribution < 1.29 is 4.79 Å². The molecule has 1 aromatic carbocycles. The number of amides is 1. The van der Waals surface area contributed by atoms with Gasteiger partial charge in [-0.2, -0.15) is 0 Å². The van der Waals surface area contributed by atoms with Crippen molar-refractivity contribution in [3.8, 4) is 11.8 Å². The average Bonchev–Trinajstić information content (AvgIpc) is 2.39. The van der Waals surface area contributed by atoms with Gasteiger partial charge in [-0.05, 0) is 12.3 Å². The monoisotopic (exact) mass is 258 g/mol. The maximum Gasteiger partial charge on any atom is 0.254 e. The second-order valence-corrected chi connectivity index (χ2v) is 3.98. The highest BCUT2D eigenvalue weighted by atomic mass is 35.5. The van der Waals surface area contributed by atoms with Gasteiger partial charge in [0.1, 0.15) is 5.15 Å². The summed E-state index contributed by atoms with van der Waals surface area (Å²) in [6, 6.07) is 7.41. The van der Waals surface area contributed by atoms with Gasteiger partial charge in [0, 0.05) is 11.6 Å². The van der Waals surface area contributed by atoms with Crippen molar-refractivity contribution in [2.45, 2.75) is 6.92 Å². The standard InChI is InChI=1S/C14H11ClN2O/c1-2-3-8-16-14(18)12-9-17-13(15)11-7-5-4-6-10(11)12/h4-7,9H,8H2,1H3,(H,16,18). The molecular formula is C14H11ClN2O. The van der Waals surface area contributed by atoms with Crippen LogP contribution in [0.4, 0.5) is 0 Å². The van der Waals surface area contributed by atoms with Crippen LogP contribution in [-0.4, -0.2) is 17.4 Å². The fourth-order valence-corrected chi connectivity index (χ4v) is 1.86. The van der Waals surface area contributed by atoms with Crippen LogP contribution in [-0.2, 0) is 0 Å². The van der Waals surface area contributed by atoms with Crippen molar-refractivity contribution in [1.82, 2.24) is 10.3 Å². The Morgan fingerprint density at radius 3 is 2.83 bits per heavy atom. The predicted molar refractivity (Wildman–Crippen MR) is 72.5 cm³/mol. The minimum atomic E-state index is -0.196. The van der Waals surface area contributed by atoms with E-state index in [9.17, 15) is 4.79 Å². The van der Waals surface area contributed by atoms with E-state index in [1.54, 1.807) is 6.92 Å². The van der Waals surface area contributed by atoms with Crippen molar-refractivity contribution in [3.63, 3.8) is 0 Å². The van der Waals surface area contributed by atoms with Crippen LogP contribution >= 0.6 is 11.6 Å². The van der Waals surface area contributed by atoms with Gasteiger partial charge in [0.05, 0.1) is 12.1 Å². The molecule has 90 valence electrons. The van der Waals surface area contributed by atoms with Crippen molar-refractivity contribution in [1.29, 1.82) is 0 Å². The number of carbonyl (C=O) groups is 1. The molecule has 1 amide bonds. The zero-order chi connectivity index (χ0) is 13.0. The number of pyridine rings is 1. The Labute approximate surface area is 110 Å². The van der Waals surface area contributed by atoms with Crippen LogP contribution in [0.5, 0.6) is 0 Å². The summed E-state index contributed by atoms with van der Waals surface area (Å²) in [5.41, 5.74) is 0.507. The number of halogens is 1. The van der Waals surface area contributed by atoms with Crippen molar-refractivity contribution >= 4 is 28.3 Å². The maximum absolute atomic E-state index is 12.0. The molecule has 4 heteroatoms. The fourth-order valence-electron chi connectivity index (χ4n) is 1.65. The van der Waals surface area contributed by atoms with E-state index in [1.165, 1.54) is 6.20 Å². The van der Waals surface area contributed by atoms with Gasteiger partial charge in [0.25, 0.3) is 5.91 Å². The normalized spacial score (nSPS) is 9.67. The topological polar surface area (TPSA) is 42.0 Å². The first-order chi connectivity index (χ1) is 8.74. The van der Waals surface area contributed by atoms with Crippen molar-refractivity contribution in [2.24, 2.45) is 0 Å². The predicted octanol–water partition coefficient (Wildman–Crippen LogP) is 2.64. The first-order valence-electron chi connectivity index (χ1n) is 5.45. The third kappa shape index (κ3) is 2.44. The zero-order valence-corrected chi connectivity index (χ0v) is 10.6. The van der Waals surface area contributed by atoms with Crippen LogP contribution in [0.2, 0.25) is 5.15 Å². The van der Waals surface area contributed by atoms with E-state index in [2.05, 4.69) is 22.1 Å². The van der Waals surface area contributed by atoms with Gasteiger partial charge in [-0.15, -0.1) is 5.92 Å². The summed E-state index contributed by atoms with van der Waals surface area (Å²) in [6.07, 6.45) is 1.49. The van der Waals surface area contributed by atoms with Crippen LogP contribution < -0.4 is 5.32 Å². The Morgan fingerprint density at radius 2 is 2.11 bits per heavy atom. The summed E-state index contributed by atoms with van der Waals surface area (Å²) in [7, 11) is 0. The maximum atomic E-state index is 12.0. The lowest BCUT2D eigenvalue weighted by atomic mass is 10.1. The molecule has 3 nitrogen and oxygen atoms in total. The first-order valence-corrected chi connectivity index (χ1v) is 5.83. The Hall–Kier alpha value is -2.05. The van der Waals surface area contributed by atoms with E-state index in [0.717, 1.165) is 10.8 Å². The SMILES string of the molecule is CC#CCNC(=O)c1cnc(Cl)c2ccccc12. The molecule has 0 aliphatic rings. The molecule has 2 rings (SSSR count). The first kappa shape index (κ1) is 12.4. The van der Waals surface area contributed by atoms with Crippen LogP contribution in [0.3, 0.4) is 0 Å². The lowest BCUT2D eigenvalue weighted by Crippen LogP contribution is -2.24. The lowest BCUT2D eigenvalue weighted by Gasteiger charge is -2.06. The molecule has 0 unspecified atom stereocenters. The van der Waals surface area contributed by atoms with Gasteiger partial charge in [-0.3, -0.25) is 4.79 Å². The molecule has 0 bridgehead atoms. The Kier molecular flexibility index (Phi) is 3.81. The largest absolute Gasteiger partial charge is 0.341 e. The molecular weight excluding hydrogens is 248 g/mol. The fraction of sp³-hybridized carbons (Fsp3) is 0.143. The summed E-state index contributed by atoms with van der Waals surface area (Å²) in [5, 5.41) is 4.68. The van der Waals surface area contributed by atoms with Gasteiger partial charge < -0.3 is 5.32 Å². The highest BCUT2D eigenvalue weighted by Crippen LogP contribution is 2.23. The molecule has 0 radical (unpaired) electrons. The molecule has 0 saturated carbocycles. The molecule has 1 N–H and O–H groups in total. The van der Waals surface area contributed by atoms with E-state index in [4.69, 9.17) is 11.6 Å². The number of rotatable bonds is 2. The summed E-state index contributed by atoms with van der Waals surface area (Å²) in [6.45, 7) is 2.05. The smallest absolute Gasteiger partial charge is 0.254 e. The number of fused-ring (bicyclic) bond motifs is 1. The number of benzene rings is 1. The number of hydrogen-bond acceptors (Lipinski definition) is 2. The van der Waals surface area contributed by atoms with Crippen molar-refractivity contribution in [3.05, 3.63) is 41.2 Å². The van der Waals surface area contributed by atoms with E-state index < -0.39 is 0 Å². The molecule has 2 aromatic rings. The molecule has 0 aliphatic carbocycles. The second-order valence-electron chi connectivity index (χ2n) is 3.62. The van der Waals surface area contributed by atoms with E-state index in [0.29, 0.717) is 17.3 Å². The summed E-state index contributed by atoms with van der Waals surface area (Å²) >= 11 is 6.00. The summed E-state index contributed by atoms with van der Waals surface area (Å²) in [4.78, 5) is 16.0. The third-order valence-corrected chi connectivity index (χ3v) is 2.81. The number of hydrogen-bond donors (Lipinski definition) is 1. The molecule has 0 fully saturated rings. The Balaban J connectivity index is 2.41. The highest BCUT2D eigenvalue weighted by molar-refractivity contribution is 6.34. The van der Waals surface area contributed by atoms with E-state index in [1.807, 2.05) is 24.3 Å². The highest BCUT2D eigenvalue weighted by Gasteiger charge is 2.11. The quantitative estimate of drug-likeness (QED) is 0.665. The third-order valence-electron chi connectivity index (χ3n) is 2.51. The van der Waals surface area contributed by atoms with Crippen LogP contribution in [0, 0.1) is 11.8 Å². The Morgan fingerprint density at radius 1 is 1.39 bits per heavy atom. The number of aromatic nitrogens is 1. The van der Waals surface area contributed by atoms with Crippen LogP contribution in [0.1, 0.15) is 17.3 Å². The van der Waals surface area contributed by atoms with Crippen LogP contribution in [0.15, 0.2) is 30.5 Å². The molecule has 1 aromatic heterocycles. The minimum absolute atomic E-state index is 0.196. The van der Waals surface area contributed by atoms with Gasteiger partial charge in [0.2, 0.25) is 0 Å². The van der Waals surface area contributed by atoms with E-state index >= 15 is 0 Å². The van der Waals surface area contributed by atoms with E-state index in [-0.39, 0.29) is 5.91 Å². The van der Waals surface area contributed by atoms with Crippen molar-refractivity contribution in [2.75, 3.05) is 6.54 Å². The van der Waals surface area contributed by atoms with Gasteiger partial charge in [-0.1, -0.05) is 41.8 Å². The van der Waals surface area contributed by atoms with Crippen LogP contribution in [0.25, 0.3) is 10.8 Å². The molecule has 0 spiro atoms. The van der Waals surface area contributed by atoms with Gasteiger partial charge >= 0.3 is 0 Å². The minimum Gasteiger partial charge on any atom is -0.341 e. The van der Waals surface area contributed by atoms with Gasteiger partial charge in [-0.25, -0.2) is 4.98 Å².